The summed E-state index contributed by atoms with van der Waals surface area (Å²) < 4.78 is 28.3. The molecule has 1 aromatic carbocycles. The van der Waals surface area contributed by atoms with Crippen LogP contribution in [0.15, 0.2) is 30.3 Å². The second-order valence-corrected chi connectivity index (χ2v) is 7.48. The molecule has 1 N–H and O–H groups in total. The van der Waals surface area contributed by atoms with Crippen LogP contribution in [-0.2, 0) is 19.4 Å². The Kier molecular flexibility index (Phi) is 5.36. The predicted octanol–water partition coefficient (Wildman–Crippen LogP) is 1.46. The number of amides is 1. The van der Waals surface area contributed by atoms with Gasteiger partial charge in [0.1, 0.15) is 9.84 Å². The summed E-state index contributed by atoms with van der Waals surface area (Å²) in [5, 5.41) is 2.91. The van der Waals surface area contributed by atoms with E-state index >= 15 is 0 Å². The van der Waals surface area contributed by atoms with Gasteiger partial charge in [-0.2, -0.15) is 0 Å². The van der Waals surface area contributed by atoms with Crippen LogP contribution in [0.25, 0.3) is 0 Å². The number of hydrogen-bond donors (Lipinski definition) is 1. The summed E-state index contributed by atoms with van der Waals surface area (Å²) in [5.41, 5.74) is 0.806. The molecule has 1 atom stereocenters. The van der Waals surface area contributed by atoms with Crippen LogP contribution in [-0.4, -0.2) is 38.5 Å². The summed E-state index contributed by atoms with van der Waals surface area (Å²) in [6, 6.07) is 9.23. The number of benzene rings is 1. The van der Waals surface area contributed by atoms with E-state index in [1.165, 1.54) is 0 Å². The highest BCUT2D eigenvalue weighted by molar-refractivity contribution is 7.91. The zero-order chi connectivity index (χ0) is 15.3. The molecule has 1 saturated heterocycles. The maximum absolute atomic E-state index is 12.4. The van der Waals surface area contributed by atoms with E-state index in [1.54, 1.807) is 0 Å². The summed E-state index contributed by atoms with van der Waals surface area (Å²) in [4.78, 5) is 12.4. The third kappa shape index (κ3) is 4.54. The molecule has 0 saturated carbocycles. The van der Waals surface area contributed by atoms with E-state index in [1.807, 2.05) is 37.3 Å². The van der Waals surface area contributed by atoms with Gasteiger partial charge in [-0.1, -0.05) is 30.3 Å². The number of nitrogens with one attached hydrogen (secondary N) is 1. The van der Waals surface area contributed by atoms with Gasteiger partial charge in [0.2, 0.25) is 0 Å². The van der Waals surface area contributed by atoms with E-state index in [-0.39, 0.29) is 23.5 Å². The molecular weight excluding hydrogens is 290 g/mol. The van der Waals surface area contributed by atoms with Gasteiger partial charge < -0.3 is 10.1 Å². The fourth-order valence-corrected chi connectivity index (χ4v) is 3.92. The second-order valence-electron chi connectivity index (χ2n) is 5.18. The average molecular weight is 311 g/mol. The molecule has 0 spiro atoms. The molecule has 6 heteroatoms. The van der Waals surface area contributed by atoms with Crippen molar-refractivity contribution in [3.05, 3.63) is 35.9 Å². The molecule has 2 rings (SSSR count). The van der Waals surface area contributed by atoms with Crippen molar-refractivity contribution in [1.29, 1.82) is 0 Å². The van der Waals surface area contributed by atoms with Gasteiger partial charge in [-0.3, -0.25) is 4.79 Å². The Hall–Kier alpha value is -1.40. The topological polar surface area (TPSA) is 72.5 Å². The van der Waals surface area contributed by atoms with Crippen LogP contribution in [0.5, 0.6) is 0 Å². The van der Waals surface area contributed by atoms with Crippen molar-refractivity contribution in [3.63, 3.8) is 0 Å². The monoisotopic (exact) mass is 311 g/mol. The molecule has 0 aromatic heterocycles. The number of rotatable bonds is 5. The van der Waals surface area contributed by atoms with Gasteiger partial charge in [0.05, 0.1) is 11.5 Å². The molecule has 1 aliphatic rings. The molecule has 5 nitrogen and oxygen atoms in total. The second kappa shape index (κ2) is 7.04. The largest absolute Gasteiger partial charge is 0.364 e. The lowest BCUT2D eigenvalue weighted by Crippen LogP contribution is -2.43. The number of ether oxygens (including phenoxy) is 1. The summed E-state index contributed by atoms with van der Waals surface area (Å²) in [5.74, 6) is 0.0814. The molecule has 21 heavy (non-hydrogen) atoms. The highest BCUT2D eigenvalue weighted by atomic mass is 32.2. The van der Waals surface area contributed by atoms with Gasteiger partial charge >= 0.3 is 0 Å². The first kappa shape index (κ1) is 16.0. The summed E-state index contributed by atoms with van der Waals surface area (Å²) >= 11 is 0. The Morgan fingerprint density at radius 2 is 1.90 bits per heavy atom. The molecule has 1 fully saturated rings. The van der Waals surface area contributed by atoms with Crippen molar-refractivity contribution in [2.45, 2.75) is 31.9 Å². The van der Waals surface area contributed by atoms with Crippen LogP contribution in [0.1, 0.15) is 31.4 Å². The lowest BCUT2D eigenvalue weighted by Gasteiger charge is -2.25. The van der Waals surface area contributed by atoms with E-state index < -0.39 is 15.9 Å². The van der Waals surface area contributed by atoms with Gasteiger partial charge in [0.25, 0.3) is 5.91 Å². The summed E-state index contributed by atoms with van der Waals surface area (Å²) in [7, 11) is -2.92. The Morgan fingerprint density at radius 3 is 2.48 bits per heavy atom. The third-order valence-electron chi connectivity index (χ3n) is 3.57. The maximum atomic E-state index is 12.4. The molecule has 116 valence electrons. The minimum absolute atomic E-state index is 0.0901. The van der Waals surface area contributed by atoms with Crippen molar-refractivity contribution in [3.8, 4) is 0 Å². The van der Waals surface area contributed by atoms with E-state index in [2.05, 4.69) is 5.32 Å². The van der Waals surface area contributed by atoms with Crippen molar-refractivity contribution in [2.75, 3.05) is 18.1 Å². The summed E-state index contributed by atoms with van der Waals surface area (Å²) in [6.45, 7) is 2.28. The highest BCUT2D eigenvalue weighted by Crippen LogP contribution is 2.19. The maximum Gasteiger partial charge on any atom is 0.253 e. The molecular formula is C15H21NO4S. The van der Waals surface area contributed by atoms with E-state index in [9.17, 15) is 13.2 Å². The first-order valence-electron chi connectivity index (χ1n) is 7.19. The standard InChI is InChI=1S/C15H21NO4S/c1-2-20-14(12-6-4-3-5-7-12)15(17)16-13-8-10-21(18,19)11-9-13/h3-7,13-14H,2,8-11H2,1H3,(H,16,17)/t14-/m1/s1. The minimum atomic E-state index is -2.92. The lowest BCUT2D eigenvalue weighted by molar-refractivity contribution is -0.133. The van der Waals surface area contributed by atoms with Crippen molar-refractivity contribution < 1.29 is 17.9 Å². The number of sulfone groups is 1. The lowest BCUT2D eigenvalue weighted by atomic mass is 10.1. The normalized spacial score (nSPS) is 19.9. The SMILES string of the molecule is CCO[C@@H](C(=O)NC1CCS(=O)(=O)CC1)c1ccccc1. The van der Waals surface area contributed by atoms with Gasteiger partial charge in [-0.15, -0.1) is 0 Å². The van der Waals surface area contributed by atoms with Crippen LogP contribution in [0.3, 0.4) is 0 Å². The van der Waals surface area contributed by atoms with Crippen LogP contribution < -0.4 is 5.32 Å². The molecule has 0 aliphatic carbocycles. The van der Waals surface area contributed by atoms with Gasteiger partial charge in [-0.05, 0) is 25.3 Å². The Balaban J connectivity index is 2.00. The number of carbonyl (C=O) groups is 1. The van der Waals surface area contributed by atoms with Crippen LogP contribution in [0, 0.1) is 0 Å². The Labute approximate surface area is 125 Å². The zero-order valence-corrected chi connectivity index (χ0v) is 12.9. The number of carbonyl (C=O) groups excluding carboxylic acids is 1. The molecule has 0 radical (unpaired) electrons. The molecule has 1 amide bonds. The molecule has 0 unspecified atom stereocenters. The highest BCUT2D eigenvalue weighted by Gasteiger charge is 2.28. The van der Waals surface area contributed by atoms with Crippen molar-refractivity contribution in [2.24, 2.45) is 0 Å². The fraction of sp³-hybridized carbons (Fsp3) is 0.533. The third-order valence-corrected chi connectivity index (χ3v) is 5.29. The van der Waals surface area contributed by atoms with Gasteiger partial charge in [0.15, 0.2) is 6.10 Å². The van der Waals surface area contributed by atoms with Crippen molar-refractivity contribution >= 4 is 15.7 Å². The first-order chi connectivity index (χ1) is 10.0. The van der Waals surface area contributed by atoms with Crippen LogP contribution >= 0.6 is 0 Å². The Bertz CT molecular complexity index is 557. The fourth-order valence-electron chi connectivity index (χ4n) is 2.43. The van der Waals surface area contributed by atoms with Gasteiger partial charge in [0, 0.05) is 12.6 Å². The Morgan fingerprint density at radius 1 is 1.29 bits per heavy atom. The van der Waals surface area contributed by atoms with E-state index in [0.717, 1.165) is 5.56 Å². The van der Waals surface area contributed by atoms with Crippen LogP contribution in [0.2, 0.25) is 0 Å². The van der Waals surface area contributed by atoms with Crippen LogP contribution in [0.4, 0.5) is 0 Å². The summed E-state index contributed by atoms with van der Waals surface area (Å²) in [6.07, 6.45) is 0.304. The van der Waals surface area contributed by atoms with E-state index in [0.29, 0.717) is 19.4 Å². The zero-order valence-electron chi connectivity index (χ0n) is 12.1. The van der Waals surface area contributed by atoms with Crippen molar-refractivity contribution in [1.82, 2.24) is 5.32 Å². The molecule has 0 bridgehead atoms. The smallest absolute Gasteiger partial charge is 0.253 e. The predicted molar refractivity (Wildman–Crippen MR) is 80.6 cm³/mol. The van der Waals surface area contributed by atoms with Gasteiger partial charge in [-0.25, -0.2) is 8.42 Å². The molecule has 1 aromatic rings. The average Bonchev–Trinajstić information content (AvgIpc) is 2.48. The number of hydrogen-bond acceptors (Lipinski definition) is 4. The quantitative estimate of drug-likeness (QED) is 0.893. The first-order valence-corrected chi connectivity index (χ1v) is 9.01. The minimum Gasteiger partial charge on any atom is -0.364 e. The molecule has 1 aliphatic heterocycles. The van der Waals surface area contributed by atoms with E-state index in [4.69, 9.17) is 4.74 Å². The molecule has 1 heterocycles.